The maximum Gasteiger partial charge on any atom is 0.0541 e. The number of hydrogen-bond acceptors (Lipinski definition) is 1. The molecule has 52 heavy (non-hydrogen) atoms. The van der Waals surface area contributed by atoms with Crippen molar-refractivity contribution in [3.05, 3.63) is 206 Å². The number of para-hydroxylation sites is 3. The van der Waals surface area contributed by atoms with E-state index in [4.69, 9.17) is 0 Å². The molecule has 0 amide bonds. The highest BCUT2D eigenvalue weighted by Gasteiger charge is 2.15. The Hall–Kier alpha value is -6.90. The highest BCUT2D eigenvalue weighted by atomic mass is 15.1. The Morgan fingerprint density at radius 3 is 1.37 bits per heavy atom. The van der Waals surface area contributed by atoms with Gasteiger partial charge in [-0.2, -0.15) is 0 Å². The van der Waals surface area contributed by atoms with E-state index in [1.165, 1.54) is 65.6 Å². The van der Waals surface area contributed by atoms with E-state index in [9.17, 15) is 0 Å². The topological polar surface area (TPSA) is 8.17 Å². The third-order valence-corrected chi connectivity index (χ3v) is 10.4. The lowest BCUT2D eigenvalue weighted by atomic mass is 9.97. The first-order valence-electron chi connectivity index (χ1n) is 17.8. The van der Waals surface area contributed by atoms with Crippen molar-refractivity contribution in [2.45, 2.75) is 0 Å². The third kappa shape index (κ3) is 5.12. The Morgan fingerprint density at radius 1 is 0.288 bits per heavy atom. The molecule has 0 aliphatic heterocycles. The van der Waals surface area contributed by atoms with Gasteiger partial charge in [0.2, 0.25) is 0 Å². The largest absolute Gasteiger partial charge is 0.311 e. The molecule has 0 atom stereocenters. The molecule has 10 rings (SSSR count). The SMILES string of the molecule is c1ccc(N(c2ccc(-c3ccc(-n4c5ccccc5c5ccccc54)cc3)cc2)c2ccc(-c3ccc4c(ccc5ccccc54)c3)cc2)cc1. The molecule has 244 valence electrons. The summed E-state index contributed by atoms with van der Waals surface area (Å²) in [6.45, 7) is 0. The van der Waals surface area contributed by atoms with Crippen molar-refractivity contribution in [3.8, 4) is 27.9 Å². The van der Waals surface area contributed by atoms with Crippen LogP contribution in [0.25, 0.3) is 71.3 Å². The average molecular weight is 663 g/mol. The van der Waals surface area contributed by atoms with Crippen LogP contribution in [-0.4, -0.2) is 4.57 Å². The number of rotatable bonds is 6. The predicted octanol–water partition coefficient (Wildman–Crippen LogP) is 13.9. The minimum absolute atomic E-state index is 1.11. The molecule has 1 heterocycles. The molecule has 10 aromatic rings. The van der Waals surface area contributed by atoms with Gasteiger partial charge in [0.15, 0.2) is 0 Å². The minimum atomic E-state index is 1.11. The summed E-state index contributed by atoms with van der Waals surface area (Å²) in [6, 6.07) is 74.6. The number of benzene rings is 9. The van der Waals surface area contributed by atoms with Crippen LogP contribution in [0.5, 0.6) is 0 Å². The van der Waals surface area contributed by atoms with Gasteiger partial charge in [-0.3, -0.25) is 0 Å². The number of nitrogens with zero attached hydrogens (tertiary/aromatic N) is 2. The highest BCUT2D eigenvalue weighted by Crippen LogP contribution is 2.38. The van der Waals surface area contributed by atoms with Crippen LogP contribution in [0.4, 0.5) is 17.1 Å². The molecule has 0 radical (unpaired) electrons. The summed E-state index contributed by atoms with van der Waals surface area (Å²) in [7, 11) is 0. The lowest BCUT2D eigenvalue weighted by molar-refractivity contribution is 1.18. The Bertz CT molecular complexity index is 2810. The fourth-order valence-corrected chi connectivity index (χ4v) is 7.83. The zero-order valence-corrected chi connectivity index (χ0v) is 28.5. The van der Waals surface area contributed by atoms with Crippen molar-refractivity contribution in [3.63, 3.8) is 0 Å². The van der Waals surface area contributed by atoms with Crippen LogP contribution < -0.4 is 4.90 Å². The van der Waals surface area contributed by atoms with E-state index in [0.717, 1.165) is 22.7 Å². The lowest BCUT2D eigenvalue weighted by Gasteiger charge is -2.26. The van der Waals surface area contributed by atoms with Crippen molar-refractivity contribution >= 4 is 60.4 Å². The Balaban J connectivity index is 0.959. The summed E-state index contributed by atoms with van der Waals surface area (Å²) >= 11 is 0. The van der Waals surface area contributed by atoms with Gasteiger partial charge in [0, 0.05) is 33.5 Å². The van der Waals surface area contributed by atoms with E-state index in [2.05, 4.69) is 216 Å². The van der Waals surface area contributed by atoms with Crippen LogP contribution in [0.1, 0.15) is 0 Å². The summed E-state index contributed by atoms with van der Waals surface area (Å²) in [5, 5.41) is 7.66. The molecule has 0 saturated carbocycles. The maximum atomic E-state index is 2.36. The lowest BCUT2D eigenvalue weighted by Crippen LogP contribution is -2.09. The second-order valence-corrected chi connectivity index (χ2v) is 13.4. The van der Waals surface area contributed by atoms with Crippen LogP contribution in [0.15, 0.2) is 206 Å². The van der Waals surface area contributed by atoms with Gasteiger partial charge in [0.25, 0.3) is 0 Å². The number of hydrogen-bond donors (Lipinski definition) is 0. The smallest absolute Gasteiger partial charge is 0.0541 e. The van der Waals surface area contributed by atoms with Crippen molar-refractivity contribution in [2.24, 2.45) is 0 Å². The van der Waals surface area contributed by atoms with Gasteiger partial charge in [-0.25, -0.2) is 0 Å². The van der Waals surface area contributed by atoms with Crippen LogP contribution in [0.2, 0.25) is 0 Å². The first kappa shape index (κ1) is 30.0. The van der Waals surface area contributed by atoms with Crippen LogP contribution >= 0.6 is 0 Å². The molecule has 0 aliphatic rings. The number of anilines is 3. The standard InChI is InChI=1S/C50H34N2/c1-2-11-41(12-3-1)51(43-29-24-37(25-30-43)39-26-33-46-40(34-39)19-18-38-10-4-5-13-45(38)46)42-27-20-35(21-28-42)36-22-31-44(32-23-36)52-49-16-8-6-14-47(49)48-15-7-9-17-50(48)52/h1-34H. The summed E-state index contributed by atoms with van der Waals surface area (Å²) in [5.41, 5.74) is 11.7. The van der Waals surface area contributed by atoms with Gasteiger partial charge in [-0.1, -0.05) is 140 Å². The molecule has 2 nitrogen and oxygen atoms in total. The highest BCUT2D eigenvalue weighted by molar-refractivity contribution is 6.10. The van der Waals surface area contributed by atoms with Crippen LogP contribution in [0, 0.1) is 0 Å². The normalized spacial score (nSPS) is 11.5. The van der Waals surface area contributed by atoms with Gasteiger partial charge >= 0.3 is 0 Å². The quantitative estimate of drug-likeness (QED) is 0.161. The first-order valence-corrected chi connectivity index (χ1v) is 17.8. The minimum Gasteiger partial charge on any atom is -0.311 e. The van der Waals surface area contributed by atoms with E-state index in [1.54, 1.807) is 0 Å². The summed E-state index contributed by atoms with van der Waals surface area (Å²) in [5.74, 6) is 0. The molecule has 0 spiro atoms. The van der Waals surface area contributed by atoms with Crippen molar-refractivity contribution in [1.29, 1.82) is 0 Å². The molecular formula is C50H34N2. The van der Waals surface area contributed by atoms with Crippen molar-refractivity contribution in [1.82, 2.24) is 4.57 Å². The molecule has 1 aromatic heterocycles. The molecule has 2 heteroatoms. The molecule has 0 N–H and O–H groups in total. The third-order valence-electron chi connectivity index (χ3n) is 10.4. The first-order chi connectivity index (χ1) is 25.8. The molecule has 0 aliphatic carbocycles. The molecule has 0 unspecified atom stereocenters. The van der Waals surface area contributed by atoms with Gasteiger partial charge in [-0.15, -0.1) is 0 Å². The van der Waals surface area contributed by atoms with Gasteiger partial charge in [0.05, 0.1) is 11.0 Å². The zero-order chi connectivity index (χ0) is 34.4. The molecule has 0 bridgehead atoms. The predicted molar refractivity (Wildman–Crippen MR) is 221 cm³/mol. The van der Waals surface area contributed by atoms with E-state index in [0.29, 0.717) is 0 Å². The van der Waals surface area contributed by atoms with Crippen LogP contribution in [0.3, 0.4) is 0 Å². The fourth-order valence-electron chi connectivity index (χ4n) is 7.83. The summed E-state index contributed by atoms with van der Waals surface area (Å²) in [4.78, 5) is 2.32. The van der Waals surface area contributed by atoms with Gasteiger partial charge in [-0.05, 0) is 111 Å². The molecular weight excluding hydrogens is 629 g/mol. The van der Waals surface area contributed by atoms with Gasteiger partial charge < -0.3 is 9.47 Å². The maximum absolute atomic E-state index is 2.36. The number of fused-ring (bicyclic) bond motifs is 6. The van der Waals surface area contributed by atoms with Crippen LogP contribution in [-0.2, 0) is 0 Å². The Kier molecular flexibility index (Phi) is 7.18. The molecule has 0 saturated heterocycles. The Labute approximate surface area is 303 Å². The molecule has 0 fully saturated rings. The van der Waals surface area contributed by atoms with E-state index < -0.39 is 0 Å². The monoisotopic (exact) mass is 662 g/mol. The van der Waals surface area contributed by atoms with Crippen molar-refractivity contribution in [2.75, 3.05) is 4.90 Å². The van der Waals surface area contributed by atoms with E-state index in [1.807, 2.05) is 0 Å². The molecule has 9 aromatic carbocycles. The fraction of sp³-hybridized carbons (Fsp3) is 0. The summed E-state index contributed by atoms with van der Waals surface area (Å²) < 4.78 is 2.36. The second kappa shape index (κ2) is 12.5. The Morgan fingerprint density at radius 2 is 0.731 bits per heavy atom. The number of aromatic nitrogens is 1. The van der Waals surface area contributed by atoms with Gasteiger partial charge in [0.1, 0.15) is 0 Å². The van der Waals surface area contributed by atoms with Crippen molar-refractivity contribution < 1.29 is 0 Å². The van der Waals surface area contributed by atoms with E-state index in [-0.39, 0.29) is 0 Å². The average Bonchev–Trinajstić information content (AvgIpc) is 3.56. The second-order valence-electron chi connectivity index (χ2n) is 13.4. The zero-order valence-electron chi connectivity index (χ0n) is 28.5. The summed E-state index contributed by atoms with van der Waals surface area (Å²) in [6.07, 6.45) is 0. The van der Waals surface area contributed by atoms with E-state index >= 15 is 0 Å².